The van der Waals surface area contributed by atoms with Crippen LogP contribution in [0.2, 0.25) is 0 Å². The van der Waals surface area contributed by atoms with Gasteiger partial charge in [0.1, 0.15) is 0 Å². The Balaban J connectivity index is 2.37. The number of ether oxygens (including phenoxy) is 2. The maximum atomic E-state index is 11.2. The second kappa shape index (κ2) is 8.24. The molecule has 2 aromatic carbocycles. The second-order valence-corrected chi connectivity index (χ2v) is 4.95. The van der Waals surface area contributed by atoms with Crippen LogP contribution in [-0.4, -0.2) is 29.1 Å². The summed E-state index contributed by atoms with van der Waals surface area (Å²) >= 11 is 0. The maximum absolute atomic E-state index is 11.2. The number of benzene rings is 2. The first-order valence-corrected chi connectivity index (χ1v) is 7.22. The number of nitrogens with two attached hydrogens (primary N) is 2. The number of guanidine groups is 1. The quantitative estimate of drug-likeness (QED) is 0.319. The molecular formula is C15H14N6O6. The molecular weight excluding hydrogens is 360 g/mol. The first-order valence-electron chi connectivity index (χ1n) is 7.22. The van der Waals surface area contributed by atoms with E-state index in [4.69, 9.17) is 20.9 Å². The van der Waals surface area contributed by atoms with Crippen LogP contribution in [0.4, 0.5) is 11.4 Å². The van der Waals surface area contributed by atoms with Crippen LogP contribution in [-0.2, 0) is 0 Å². The molecule has 140 valence electrons. The van der Waals surface area contributed by atoms with Gasteiger partial charge < -0.3 is 20.9 Å². The topological polar surface area (TPSA) is 182 Å². The van der Waals surface area contributed by atoms with Crippen molar-refractivity contribution < 1.29 is 19.3 Å². The average Bonchev–Trinajstić information content (AvgIpc) is 2.62. The van der Waals surface area contributed by atoms with Gasteiger partial charge in [-0.3, -0.25) is 20.2 Å². The van der Waals surface area contributed by atoms with Crippen molar-refractivity contribution >= 4 is 23.5 Å². The van der Waals surface area contributed by atoms with E-state index in [1.54, 1.807) is 6.07 Å². The molecule has 0 aliphatic heterocycles. The Labute approximate surface area is 152 Å². The van der Waals surface area contributed by atoms with Gasteiger partial charge in [-0.15, -0.1) is 5.10 Å². The molecule has 0 bridgehead atoms. The van der Waals surface area contributed by atoms with Gasteiger partial charge in [0.2, 0.25) is 11.7 Å². The fraction of sp³-hybridized carbons (Fsp3) is 0.0667. The summed E-state index contributed by atoms with van der Waals surface area (Å²) in [7, 11) is 1.38. The highest BCUT2D eigenvalue weighted by atomic mass is 16.6. The van der Waals surface area contributed by atoms with Crippen LogP contribution in [0.1, 0.15) is 5.56 Å². The molecule has 12 nitrogen and oxygen atoms in total. The largest absolute Gasteiger partial charge is 0.493 e. The predicted octanol–water partition coefficient (Wildman–Crippen LogP) is 1.91. The number of nitro groups is 2. The molecule has 0 aliphatic carbocycles. The molecule has 0 aromatic heterocycles. The minimum Gasteiger partial charge on any atom is -0.493 e. The summed E-state index contributed by atoms with van der Waals surface area (Å²) in [4.78, 5) is 20.5. The number of hydrogen-bond donors (Lipinski definition) is 2. The highest BCUT2D eigenvalue weighted by Gasteiger charge is 2.22. The number of methoxy groups -OCH3 is 1. The molecule has 2 rings (SSSR count). The maximum Gasteiger partial charge on any atom is 0.318 e. The van der Waals surface area contributed by atoms with Crippen LogP contribution in [0.5, 0.6) is 17.2 Å². The van der Waals surface area contributed by atoms with Crippen LogP contribution in [0.3, 0.4) is 0 Å². The van der Waals surface area contributed by atoms with E-state index >= 15 is 0 Å². The van der Waals surface area contributed by atoms with E-state index in [0.29, 0.717) is 5.56 Å². The molecule has 2 aromatic rings. The summed E-state index contributed by atoms with van der Waals surface area (Å²) < 4.78 is 10.7. The van der Waals surface area contributed by atoms with E-state index in [9.17, 15) is 20.2 Å². The van der Waals surface area contributed by atoms with Crippen molar-refractivity contribution in [1.82, 2.24) is 0 Å². The van der Waals surface area contributed by atoms with Gasteiger partial charge in [0, 0.05) is 6.07 Å². The van der Waals surface area contributed by atoms with Gasteiger partial charge >= 0.3 is 5.69 Å². The van der Waals surface area contributed by atoms with E-state index in [-0.39, 0.29) is 23.2 Å². The monoisotopic (exact) mass is 374 g/mol. The van der Waals surface area contributed by atoms with Crippen LogP contribution in [0.15, 0.2) is 46.6 Å². The third-order valence-corrected chi connectivity index (χ3v) is 3.14. The summed E-state index contributed by atoms with van der Waals surface area (Å²) in [6, 6.07) is 7.67. The van der Waals surface area contributed by atoms with Crippen LogP contribution >= 0.6 is 0 Å². The number of rotatable bonds is 7. The highest BCUT2D eigenvalue weighted by Crippen LogP contribution is 2.38. The summed E-state index contributed by atoms with van der Waals surface area (Å²) in [5, 5.41) is 29.1. The second-order valence-electron chi connectivity index (χ2n) is 4.95. The lowest BCUT2D eigenvalue weighted by molar-refractivity contribution is -0.394. The Bertz CT molecular complexity index is 938. The van der Waals surface area contributed by atoms with Crippen LogP contribution < -0.4 is 20.9 Å². The summed E-state index contributed by atoms with van der Waals surface area (Å²) in [6.45, 7) is 0. The Kier molecular flexibility index (Phi) is 5.83. The predicted molar refractivity (Wildman–Crippen MR) is 96.2 cm³/mol. The molecule has 0 saturated carbocycles. The van der Waals surface area contributed by atoms with Crippen LogP contribution in [0.25, 0.3) is 0 Å². The van der Waals surface area contributed by atoms with Gasteiger partial charge in [0.25, 0.3) is 5.69 Å². The van der Waals surface area contributed by atoms with Gasteiger partial charge in [-0.2, -0.15) is 5.10 Å². The van der Waals surface area contributed by atoms with E-state index in [1.165, 1.54) is 25.5 Å². The minimum atomic E-state index is -0.773. The molecule has 0 atom stereocenters. The third-order valence-electron chi connectivity index (χ3n) is 3.14. The summed E-state index contributed by atoms with van der Waals surface area (Å²) in [5.41, 5.74) is 9.92. The van der Waals surface area contributed by atoms with Crippen molar-refractivity contribution in [1.29, 1.82) is 0 Å². The van der Waals surface area contributed by atoms with Crippen molar-refractivity contribution in [2.45, 2.75) is 0 Å². The zero-order chi connectivity index (χ0) is 20.0. The van der Waals surface area contributed by atoms with Gasteiger partial charge in [0.05, 0.1) is 29.2 Å². The van der Waals surface area contributed by atoms with E-state index < -0.39 is 21.2 Å². The molecule has 0 aliphatic rings. The Morgan fingerprint density at radius 3 is 2.33 bits per heavy atom. The lowest BCUT2D eigenvalue weighted by Crippen LogP contribution is -2.21. The van der Waals surface area contributed by atoms with Gasteiger partial charge in [0.15, 0.2) is 11.5 Å². The molecule has 0 heterocycles. The summed E-state index contributed by atoms with van der Waals surface area (Å²) in [6.07, 6.45) is 1.36. The highest BCUT2D eigenvalue weighted by molar-refractivity contribution is 5.82. The van der Waals surface area contributed by atoms with E-state index in [1.807, 2.05) is 0 Å². The molecule has 0 fully saturated rings. The van der Waals surface area contributed by atoms with Crippen molar-refractivity contribution in [3.63, 3.8) is 0 Å². The molecule has 0 radical (unpaired) electrons. The number of nitrogens with zero attached hydrogens (tertiary/aromatic N) is 4. The van der Waals surface area contributed by atoms with Crippen molar-refractivity contribution in [3.05, 3.63) is 62.2 Å². The zero-order valence-electron chi connectivity index (χ0n) is 13.9. The Hall–Kier alpha value is -4.22. The minimum absolute atomic E-state index is 0.161. The smallest absolute Gasteiger partial charge is 0.318 e. The lowest BCUT2D eigenvalue weighted by atomic mass is 10.2. The first-order chi connectivity index (χ1) is 12.8. The van der Waals surface area contributed by atoms with Gasteiger partial charge in [-0.25, -0.2) is 0 Å². The standard InChI is InChI=1S/C15H14N6O6/c1-26-14-6-9(8-18-19-15(16)17)2-4-13(14)27-12-5-3-10(20(22)23)7-11(12)21(24)25/h2-8H,1H3,(H4,16,17,19). The normalized spacial score (nSPS) is 10.4. The van der Waals surface area contributed by atoms with E-state index in [0.717, 1.165) is 18.2 Å². The number of non-ortho nitro benzene ring substituents is 1. The average molecular weight is 374 g/mol. The number of nitro benzene ring substituents is 2. The number of hydrogen-bond acceptors (Lipinski definition) is 8. The molecule has 0 unspecified atom stereocenters. The molecule has 4 N–H and O–H groups in total. The van der Waals surface area contributed by atoms with E-state index in [2.05, 4.69) is 10.2 Å². The van der Waals surface area contributed by atoms with Crippen molar-refractivity contribution in [2.24, 2.45) is 21.7 Å². The third kappa shape index (κ3) is 4.88. The molecule has 0 saturated heterocycles. The lowest BCUT2D eigenvalue weighted by Gasteiger charge is -2.11. The summed E-state index contributed by atoms with van der Waals surface area (Å²) in [5.74, 6) is 0.0271. The Morgan fingerprint density at radius 1 is 1.04 bits per heavy atom. The molecule has 12 heteroatoms. The fourth-order valence-corrected chi connectivity index (χ4v) is 1.98. The first kappa shape index (κ1) is 19.1. The van der Waals surface area contributed by atoms with Crippen LogP contribution in [0, 0.1) is 20.2 Å². The zero-order valence-corrected chi connectivity index (χ0v) is 13.9. The van der Waals surface area contributed by atoms with Gasteiger partial charge in [-0.05, 0) is 29.8 Å². The fourth-order valence-electron chi connectivity index (χ4n) is 1.98. The van der Waals surface area contributed by atoms with Crippen molar-refractivity contribution in [3.8, 4) is 17.2 Å². The SMILES string of the molecule is COc1cc(C=NN=C(N)N)ccc1Oc1ccc([N+](=O)[O-])cc1[N+](=O)[O-]. The van der Waals surface area contributed by atoms with Crippen molar-refractivity contribution in [2.75, 3.05) is 7.11 Å². The molecule has 0 amide bonds. The van der Waals surface area contributed by atoms with Gasteiger partial charge in [-0.1, -0.05) is 0 Å². The molecule has 0 spiro atoms. The molecule has 27 heavy (non-hydrogen) atoms. The Morgan fingerprint density at radius 2 is 1.74 bits per heavy atom.